The van der Waals surface area contributed by atoms with E-state index >= 15 is 0 Å². The van der Waals surface area contributed by atoms with Crippen molar-refractivity contribution in [1.82, 2.24) is 5.01 Å². The molecule has 154 valence electrons. The molecule has 1 aromatic heterocycles. The van der Waals surface area contributed by atoms with Crippen LogP contribution in [0.5, 0.6) is 0 Å². The first-order valence-electron chi connectivity index (χ1n) is 8.96. The zero-order valence-corrected chi connectivity index (χ0v) is 17.4. The Morgan fingerprint density at radius 3 is 2.72 bits per heavy atom. The van der Waals surface area contributed by atoms with E-state index in [4.69, 9.17) is 5.11 Å². The third kappa shape index (κ3) is 5.64. The topological polar surface area (TPSA) is 116 Å². The van der Waals surface area contributed by atoms with E-state index < -0.39 is 16.0 Å². The second kappa shape index (κ2) is 8.75. The molecule has 8 nitrogen and oxygen atoms in total. The number of thiophene rings is 1. The van der Waals surface area contributed by atoms with Gasteiger partial charge < -0.3 is 5.11 Å². The van der Waals surface area contributed by atoms with Crippen molar-refractivity contribution in [2.75, 3.05) is 11.0 Å². The van der Waals surface area contributed by atoms with Crippen LogP contribution < -0.4 is 4.72 Å². The van der Waals surface area contributed by atoms with Gasteiger partial charge in [-0.15, -0.1) is 11.3 Å². The summed E-state index contributed by atoms with van der Waals surface area (Å²) in [7, 11) is -3.41. The largest absolute Gasteiger partial charge is 0.481 e. The Kier molecular flexibility index (Phi) is 6.33. The van der Waals surface area contributed by atoms with Gasteiger partial charge in [-0.05, 0) is 35.6 Å². The molecule has 3 rings (SSSR count). The molecule has 2 aromatic rings. The van der Waals surface area contributed by atoms with Crippen LogP contribution in [0.15, 0.2) is 46.9 Å². The molecule has 2 N–H and O–H groups in total. The number of nitrogens with zero attached hydrogens (tertiary/aromatic N) is 2. The molecular weight excluding hydrogens is 414 g/mol. The molecule has 0 unspecified atom stereocenters. The third-order valence-electron chi connectivity index (χ3n) is 4.32. The van der Waals surface area contributed by atoms with Crippen molar-refractivity contribution in [2.45, 2.75) is 31.7 Å². The zero-order valence-electron chi connectivity index (χ0n) is 15.7. The second-order valence-electron chi connectivity index (χ2n) is 6.72. The summed E-state index contributed by atoms with van der Waals surface area (Å²) in [6.07, 6.45) is 1.85. The number of nitrogens with one attached hydrogen (secondary N) is 1. The van der Waals surface area contributed by atoms with Crippen molar-refractivity contribution in [3.05, 3.63) is 52.2 Å². The van der Waals surface area contributed by atoms with Gasteiger partial charge in [-0.2, -0.15) is 5.10 Å². The first-order valence-corrected chi connectivity index (χ1v) is 11.7. The standard InChI is InChI=1S/C19H21N3O5S2/c1-29(26,27)21-14-6-2-5-13(11-14)15-12-16(17-7-4-10-28-17)22(20-15)18(23)8-3-9-19(24)25/h2,4-7,10-11,16,21H,3,8-9,12H2,1H3,(H,24,25)/t16-/m0/s1. The van der Waals surface area contributed by atoms with Gasteiger partial charge in [0.05, 0.1) is 18.0 Å². The average molecular weight is 436 g/mol. The monoisotopic (exact) mass is 435 g/mol. The minimum absolute atomic E-state index is 0.0704. The highest BCUT2D eigenvalue weighted by Gasteiger charge is 2.33. The lowest BCUT2D eigenvalue weighted by Crippen LogP contribution is -2.26. The maximum Gasteiger partial charge on any atom is 0.303 e. The van der Waals surface area contributed by atoms with Crippen LogP contribution in [0.2, 0.25) is 0 Å². The molecule has 1 aromatic carbocycles. The Labute approximate surface area is 172 Å². The number of aliphatic carboxylic acids is 1. The van der Waals surface area contributed by atoms with Crippen molar-refractivity contribution in [3.63, 3.8) is 0 Å². The molecule has 0 radical (unpaired) electrons. The molecule has 29 heavy (non-hydrogen) atoms. The van der Waals surface area contributed by atoms with E-state index in [0.717, 1.165) is 16.7 Å². The highest BCUT2D eigenvalue weighted by Crippen LogP contribution is 2.36. The van der Waals surface area contributed by atoms with E-state index in [9.17, 15) is 18.0 Å². The third-order valence-corrected chi connectivity index (χ3v) is 5.90. The Bertz CT molecular complexity index is 1030. The zero-order chi connectivity index (χ0) is 21.0. The lowest BCUT2D eigenvalue weighted by atomic mass is 10.0. The fraction of sp³-hybridized carbons (Fsp3) is 0.316. The van der Waals surface area contributed by atoms with Crippen molar-refractivity contribution in [2.24, 2.45) is 5.10 Å². The van der Waals surface area contributed by atoms with Crippen LogP contribution in [-0.2, 0) is 19.6 Å². The number of carbonyl (C=O) groups is 2. The van der Waals surface area contributed by atoms with E-state index in [-0.39, 0.29) is 31.2 Å². The quantitative estimate of drug-likeness (QED) is 0.661. The molecule has 0 saturated carbocycles. The number of amides is 1. The number of benzene rings is 1. The molecule has 10 heteroatoms. The molecule has 1 aliphatic heterocycles. The molecule has 0 bridgehead atoms. The number of hydrogen-bond acceptors (Lipinski definition) is 6. The van der Waals surface area contributed by atoms with Crippen molar-refractivity contribution >= 4 is 44.6 Å². The highest BCUT2D eigenvalue weighted by molar-refractivity contribution is 7.92. The fourth-order valence-electron chi connectivity index (χ4n) is 3.10. The van der Waals surface area contributed by atoms with E-state index in [2.05, 4.69) is 9.82 Å². The first-order chi connectivity index (χ1) is 13.7. The summed E-state index contributed by atoms with van der Waals surface area (Å²) >= 11 is 1.53. The average Bonchev–Trinajstić information content (AvgIpc) is 3.29. The predicted molar refractivity (Wildman–Crippen MR) is 111 cm³/mol. The smallest absolute Gasteiger partial charge is 0.303 e. The number of anilines is 1. The van der Waals surface area contributed by atoms with Gasteiger partial charge in [-0.1, -0.05) is 18.2 Å². The van der Waals surface area contributed by atoms with Gasteiger partial charge in [-0.3, -0.25) is 14.3 Å². The van der Waals surface area contributed by atoms with Crippen LogP contribution >= 0.6 is 11.3 Å². The number of rotatable bonds is 8. The summed E-state index contributed by atoms with van der Waals surface area (Å²) < 4.78 is 25.4. The van der Waals surface area contributed by atoms with Crippen LogP contribution in [0.3, 0.4) is 0 Å². The summed E-state index contributed by atoms with van der Waals surface area (Å²) in [6.45, 7) is 0. The molecule has 0 saturated heterocycles. The molecule has 1 aliphatic rings. The molecule has 1 amide bonds. The molecule has 0 spiro atoms. The second-order valence-corrected chi connectivity index (χ2v) is 9.45. The van der Waals surface area contributed by atoms with Gasteiger partial charge >= 0.3 is 5.97 Å². The van der Waals surface area contributed by atoms with Crippen molar-refractivity contribution in [3.8, 4) is 0 Å². The van der Waals surface area contributed by atoms with Crippen LogP contribution in [-0.4, -0.2) is 42.4 Å². The summed E-state index contributed by atoms with van der Waals surface area (Å²) in [5.74, 6) is -1.17. The number of carboxylic acids is 1. The molecular formula is C19H21N3O5S2. The number of sulfonamides is 1. The van der Waals surface area contributed by atoms with E-state index in [1.54, 1.807) is 18.2 Å². The number of carboxylic acid groups (broad SMARTS) is 1. The van der Waals surface area contributed by atoms with E-state index in [0.29, 0.717) is 17.8 Å². The van der Waals surface area contributed by atoms with Gasteiger partial charge in [0.25, 0.3) is 0 Å². The van der Waals surface area contributed by atoms with Gasteiger partial charge in [0.1, 0.15) is 0 Å². The maximum atomic E-state index is 12.7. The van der Waals surface area contributed by atoms with Crippen molar-refractivity contribution in [1.29, 1.82) is 0 Å². The van der Waals surface area contributed by atoms with Gasteiger partial charge in [-0.25, -0.2) is 13.4 Å². The maximum absolute atomic E-state index is 12.7. The Morgan fingerprint density at radius 2 is 2.07 bits per heavy atom. The highest BCUT2D eigenvalue weighted by atomic mass is 32.2. The Hall–Kier alpha value is -2.72. The van der Waals surface area contributed by atoms with E-state index in [1.807, 2.05) is 23.6 Å². The van der Waals surface area contributed by atoms with Gasteiger partial charge in [0, 0.05) is 29.8 Å². The van der Waals surface area contributed by atoms with Crippen LogP contribution in [0.25, 0.3) is 0 Å². The fourth-order valence-corrected chi connectivity index (χ4v) is 4.47. The summed E-state index contributed by atoms with van der Waals surface area (Å²) in [6, 6.07) is 10.5. The number of hydrazone groups is 1. The normalized spacial score (nSPS) is 16.5. The summed E-state index contributed by atoms with van der Waals surface area (Å²) in [5, 5.41) is 16.7. The molecule has 0 aliphatic carbocycles. The minimum atomic E-state index is -3.41. The lowest BCUT2D eigenvalue weighted by Gasteiger charge is -2.20. The van der Waals surface area contributed by atoms with E-state index in [1.165, 1.54) is 16.3 Å². The number of carbonyl (C=O) groups excluding carboxylic acids is 1. The number of hydrogen-bond donors (Lipinski definition) is 2. The summed E-state index contributed by atoms with van der Waals surface area (Å²) in [5.41, 5.74) is 1.82. The molecule has 0 fully saturated rings. The summed E-state index contributed by atoms with van der Waals surface area (Å²) in [4.78, 5) is 24.4. The van der Waals surface area contributed by atoms with Gasteiger partial charge in [0.15, 0.2) is 0 Å². The lowest BCUT2D eigenvalue weighted by molar-refractivity contribution is -0.137. The Morgan fingerprint density at radius 1 is 1.28 bits per heavy atom. The SMILES string of the molecule is CS(=O)(=O)Nc1cccc(C2=NN(C(=O)CCCC(=O)O)[C@H](c3cccs3)C2)c1. The Balaban J connectivity index is 1.84. The predicted octanol–water partition coefficient (Wildman–Crippen LogP) is 3.05. The van der Waals surface area contributed by atoms with Crippen molar-refractivity contribution < 1.29 is 23.1 Å². The molecule has 2 heterocycles. The van der Waals surface area contributed by atoms with Crippen LogP contribution in [0, 0.1) is 0 Å². The van der Waals surface area contributed by atoms with Crippen LogP contribution in [0.1, 0.15) is 42.2 Å². The minimum Gasteiger partial charge on any atom is -0.481 e. The van der Waals surface area contributed by atoms with Crippen LogP contribution in [0.4, 0.5) is 5.69 Å². The first kappa shape index (κ1) is 21.0. The molecule has 1 atom stereocenters. The van der Waals surface area contributed by atoms with Gasteiger partial charge in [0.2, 0.25) is 15.9 Å².